The highest BCUT2D eigenvalue weighted by atomic mass is 19.1. The van der Waals surface area contributed by atoms with Gasteiger partial charge in [-0.15, -0.1) is 0 Å². The Morgan fingerprint density at radius 2 is 2.00 bits per heavy atom. The minimum absolute atomic E-state index is 0.00594. The number of hydrogen-bond acceptors (Lipinski definition) is 5. The van der Waals surface area contributed by atoms with Gasteiger partial charge in [-0.1, -0.05) is 25.5 Å². The lowest BCUT2D eigenvalue weighted by atomic mass is 10.2. The molecule has 0 aliphatic carbocycles. The van der Waals surface area contributed by atoms with Crippen molar-refractivity contribution in [1.29, 1.82) is 0 Å². The summed E-state index contributed by atoms with van der Waals surface area (Å²) in [6.45, 7) is 2.57. The van der Waals surface area contributed by atoms with Crippen molar-refractivity contribution in [3.63, 3.8) is 0 Å². The van der Waals surface area contributed by atoms with Crippen molar-refractivity contribution < 1.29 is 18.7 Å². The fraction of sp³-hybridized carbons (Fsp3) is 0.348. The molecule has 0 radical (unpaired) electrons. The first-order valence-corrected chi connectivity index (χ1v) is 10.00. The molecular weight excluding hydrogens is 387 g/mol. The van der Waals surface area contributed by atoms with Gasteiger partial charge in [0.15, 0.2) is 0 Å². The fourth-order valence-electron chi connectivity index (χ4n) is 3.26. The summed E-state index contributed by atoms with van der Waals surface area (Å²) in [6.07, 6.45) is 2.03. The number of rotatable bonds is 9. The van der Waals surface area contributed by atoms with Crippen molar-refractivity contribution in [2.24, 2.45) is 0 Å². The minimum atomic E-state index is -0.490. The van der Waals surface area contributed by atoms with Crippen LogP contribution in [0.5, 0.6) is 5.75 Å². The van der Waals surface area contributed by atoms with Gasteiger partial charge in [-0.3, -0.25) is 9.59 Å². The molecule has 1 heterocycles. The first-order chi connectivity index (χ1) is 14.5. The van der Waals surface area contributed by atoms with E-state index in [1.165, 1.54) is 25.3 Å². The maximum absolute atomic E-state index is 13.4. The van der Waals surface area contributed by atoms with Crippen molar-refractivity contribution in [1.82, 2.24) is 9.55 Å². The molecule has 0 N–H and O–H groups in total. The average Bonchev–Trinajstić information content (AvgIpc) is 2.76. The van der Waals surface area contributed by atoms with Gasteiger partial charge in [-0.05, 0) is 36.8 Å². The standard InChI is InChI=1S/C23H25FN2O4/c1-3-4-13-26-20-8-6-5-7-18(20)25-19(23(26)28)10-12-22(27)30-15-16-14-17(24)9-11-21(16)29-2/h5-9,11,14H,3-4,10,12-13,15H2,1-2H3. The summed E-state index contributed by atoms with van der Waals surface area (Å²) in [5, 5.41) is 0. The Balaban J connectivity index is 1.71. The normalized spacial score (nSPS) is 10.9. The quantitative estimate of drug-likeness (QED) is 0.497. The van der Waals surface area contributed by atoms with Gasteiger partial charge in [0, 0.05) is 18.5 Å². The number of esters is 1. The Morgan fingerprint density at radius 1 is 1.20 bits per heavy atom. The van der Waals surface area contributed by atoms with Crippen LogP contribution < -0.4 is 10.3 Å². The molecule has 0 aliphatic heterocycles. The predicted octanol–water partition coefficient (Wildman–Crippen LogP) is 4.02. The van der Waals surface area contributed by atoms with Crippen LogP contribution in [0.1, 0.15) is 37.4 Å². The van der Waals surface area contributed by atoms with Gasteiger partial charge in [-0.2, -0.15) is 0 Å². The number of fused-ring (bicyclic) bond motifs is 1. The molecule has 158 valence electrons. The SMILES string of the molecule is CCCCn1c(=O)c(CCC(=O)OCc2cc(F)ccc2OC)nc2ccccc21. The summed E-state index contributed by atoms with van der Waals surface area (Å²) in [7, 11) is 1.47. The van der Waals surface area contributed by atoms with E-state index in [4.69, 9.17) is 9.47 Å². The molecule has 1 aromatic heterocycles. The first-order valence-electron chi connectivity index (χ1n) is 10.00. The third-order valence-electron chi connectivity index (χ3n) is 4.85. The van der Waals surface area contributed by atoms with E-state index in [1.54, 1.807) is 4.57 Å². The van der Waals surface area contributed by atoms with Crippen molar-refractivity contribution >= 4 is 17.0 Å². The van der Waals surface area contributed by atoms with Gasteiger partial charge >= 0.3 is 5.97 Å². The van der Waals surface area contributed by atoms with Crippen LogP contribution in [0.25, 0.3) is 11.0 Å². The number of carbonyl (C=O) groups is 1. The lowest BCUT2D eigenvalue weighted by Gasteiger charge is -2.12. The molecule has 0 spiro atoms. The Morgan fingerprint density at radius 3 is 2.77 bits per heavy atom. The number of methoxy groups -OCH3 is 1. The average molecular weight is 412 g/mol. The Hall–Kier alpha value is -3.22. The predicted molar refractivity (Wildman–Crippen MR) is 112 cm³/mol. The van der Waals surface area contributed by atoms with Crippen LogP contribution in [0.3, 0.4) is 0 Å². The summed E-state index contributed by atoms with van der Waals surface area (Å²) in [5.74, 6) is -0.482. The van der Waals surface area contributed by atoms with Gasteiger partial charge in [0.1, 0.15) is 23.9 Å². The monoisotopic (exact) mass is 412 g/mol. The van der Waals surface area contributed by atoms with E-state index in [-0.39, 0.29) is 25.0 Å². The number of halogens is 1. The number of nitrogens with zero attached hydrogens (tertiary/aromatic N) is 2. The molecule has 0 saturated heterocycles. The van der Waals surface area contributed by atoms with Crippen LogP contribution in [0.2, 0.25) is 0 Å². The Kier molecular flexibility index (Phi) is 7.17. The number of aryl methyl sites for hydroxylation is 2. The smallest absolute Gasteiger partial charge is 0.306 e. The molecule has 0 aliphatic rings. The Labute approximate surface area is 174 Å². The van der Waals surface area contributed by atoms with E-state index < -0.39 is 11.8 Å². The number of ether oxygens (including phenoxy) is 2. The summed E-state index contributed by atoms with van der Waals surface area (Å²) in [5.41, 5.74) is 2.12. The summed E-state index contributed by atoms with van der Waals surface area (Å²) < 4.78 is 25.6. The molecule has 30 heavy (non-hydrogen) atoms. The van der Waals surface area contributed by atoms with Crippen LogP contribution in [-0.4, -0.2) is 22.6 Å². The van der Waals surface area contributed by atoms with Crippen LogP contribution >= 0.6 is 0 Å². The number of benzene rings is 2. The van der Waals surface area contributed by atoms with Gasteiger partial charge in [0.05, 0.1) is 24.6 Å². The zero-order chi connectivity index (χ0) is 21.5. The molecule has 0 unspecified atom stereocenters. The van der Waals surface area contributed by atoms with Crippen molar-refractivity contribution in [2.45, 2.75) is 45.8 Å². The first kappa shape index (κ1) is 21.5. The molecular formula is C23H25FN2O4. The highest BCUT2D eigenvalue weighted by molar-refractivity contribution is 5.75. The maximum atomic E-state index is 13.4. The molecule has 0 bridgehead atoms. The fourth-order valence-corrected chi connectivity index (χ4v) is 3.26. The van der Waals surface area contributed by atoms with Gasteiger partial charge in [0.25, 0.3) is 5.56 Å². The second-order valence-electron chi connectivity index (χ2n) is 6.97. The van der Waals surface area contributed by atoms with Crippen molar-refractivity contribution in [2.75, 3.05) is 7.11 Å². The van der Waals surface area contributed by atoms with Crippen LogP contribution in [0.15, 0.2) is 47.3 Å². The zero-order valence-electron chi connectivity index (χ0n) is 17.2. The van der Waals surface area contributed by atoms with Crippen LogP contribution in [0, 0.1) is 5.82 Å². The third-order valence-corrected chi connectivity index (χ3v) is 4.85. The Bertz CT molecular complexity index is 1090. The van der Waals surface area contributed by atoms with Crippen LogP contribution in [0.4, 0.5) is 4.39 Å². The van der Waals surface area contributed by atoms with E-state index in [0.717, 1.165) is 23.9 Å². The lowest BCUT2D eigenvalue weighted by Crippen LogP contribution is -2.26. The third kappa shape index (κ3) is 5.03. The highest BCUT2D eigenvalue weighted by Gasteiger charge is 2.14. The van der Waals surface area contributed by atoms with Gasteiger partial charge in [0.2, 0.25) is 0 Å². The van der Waals surface area contributed by atoms with E-state index in [9.17, 15) is 14.0 Å². The summed E-state index contributed by atoms with van der Waals surface area (Å²) in [6, 6.07) is 11.5. The molecule has 0 fully saturated rings. The number of carbonyl (C=O) groups excluding carboxylic acids is 1. The molecule has 6 nitrogen and oxygen atoms in total. The largest absolute Gasteiger partial charge is 0.496 e. The maximum Gasteiger partial charge on any atom is 0.306 e. The van der Waals surface area contributed by atoms with E-state index in [1.807, 2.05) is 24.3 Å². The van der Waals surface area contributed by atoms with Crippen molar-refractivity contribution in [3.8, 4) is 5.75 Å². The summed E-state index contributed by atoms with van der Waals surface area (Å²) in [4.78, 5) is 29.6. The van der Waals surface area contributed by atoms with Crippen LogP contribution in [-0.2, 0) is 29.1 Å². The topological polar surface area (TPSA) is 70.4 Å². The molecule has 2 aromatic carbocycles. The highest BCUT2D eigenvalue weighted by Crippen LogP contribution is 2.20. The molecule has 0 saturated carbocycles. The van der Waals surface area contributed by atoms with E-state index in [0.29, 0.717) is 23.6 Å². The van der Waals surface area contributed by atoms with E-state index in [2.05, 4.69) is 11.9 Å². The number of unbranched alkanes of at least 4 members (excludes halogenated alkanes) is 1. The second-order valence-corrected chi connectivity index (χ2v) is 6.97. The lowest BCUT2D eigenvalue weighted by molar-refractivity contribution is -0.144. The molecule has 0 amide bonds. The number of aromatic nitrogens is 2. The molecule has 3 rings (SSSR count). The second kappa shape index (κ2) is 10.0. The summed E-state index contributed by atoms with van der Waals surface area (Å²) >= 11 is 0. The molecule has 7 heteroatoms. The molecule has 3 aromatic rings. The van der Waals surface area contributed by atoms with Gasteiger partial charge in [-0.25, -0.2) is 9.37 Å². The zero-order valence-corrected chi connectivity index (χ0v) is 17.2. The minimum Gasteiger partial charge on any atom is -0.496 e. The number of para-hydroxylation sites is 2. The number of hydrogen-bond donors (Lipinski definition) is 0. The van der Waals surface area contributed by atoms with Gasteiger partial charge < -0.3 is 14.0 Å². The molecule has 0 atom stereocenters. The van der Waals surface area contributed by atoms with E-state index >= 15 is 0 Å². The van der Waals surface area contributed by atoms with Crippen molar-refractivity contribution in [3.05, 3.63) is 69.9 Å².